The zero-order valence-electron chi connectivity index (χ0n) is 21.8. The third kappa shape index (κ3) is 8.03. The van der Waals surface area contributed by atoms with Gasteiger partial charge in [0.1, 0.15) is 6.04 Å². The van der Waals surface area contributed by atoms with Gasteiger partial charge in [-0.25, -0.2) is 0 Å². The maximum absolute atomic E-state index is 13.5. The van der Waals surface area contributed by atoms with Gasteiger partial charge < -0.3 is 10.2 Å². The van der Waals surface area contributed by atoms with Crippen LogP contribution in [0.4, 0.5) is 0 Å². The molecule has 33 heavy (non-hydrogen) atoms. The standard InChI is InChI=1S/C29H42N2O2/c1-9-25(27(33)30-29(6,7)8)31(20-23-13-11-10-12-21(23)2)26(32)19-16-22-14-17-24(18-15-22)28(3,4)5/h10-15,17-18,25H,9,16,19-20H2,1-8H3,(H,30,33)/t25-/m1/s1. The summed E-state index contributed by atoms with van der Waals surface area (Å²) < 4.78 is 0. The molecule has 0 aliphatic rings. The van der Waals surface area contributed by atoms with Crippen molar-refractivity contribution in [2.24, 2.45) is 0 Å². The van der Waals surface area contributed by atoms with E-state index in [1.54, 1.807) is 4.90 Å². The van der Waals surface area contributed by atoms with Gasteiger partial charge in [0.25, 0.3) is 0 Å². The van der Waals surface area contributed by atoms with Gasteiger partial charge in [-0.05, 0) is 68.2 Å². The van der Waals surface area contributed by atoms with Crippen LogP contribution in [0.3, 0.4) is 0 Å². The van der Waals surface area contributed by atoms with E-state index in [2.05, 4.69) is 50.4 Å². The van der Waals surface area contributed by atoms with Crippen molar-refractivity contribution < 1.29 is 9.59 Å². The van der Waals surface area contributed by atoms with Crippen LogP contribution in [0.5, 0.6) is 0 Å². The second kappa shape index (κ2) is 11.0. The summed E-state index contributed by atoms with van der Waals surface area (Å²) >= 11 is 0. The van der Waals surface area contributed by atoms with Gasteiger partial charge in [0, 0.05) is 18.5 Å². The first kappa shape index (κ1) is 26.6. The lowest BCUT2D eigenvalue weighted by Crippen LogP contribution is -2.53. The zero-order chi connectivity index (χ0) is 24.8. The van der Waals surface area contributed by atoms with Crippen LogP contribution in [-0.4, -0.2) is 28.3 Å². The highest BCUT2D eigenvalue weighted by molar-refractivity contribution is 5.88. The topological polar surface area (TPSA) is 49.4 Å². The van der Waals surface area contributed by atoms with Crippen molar-refractivity contribution in [3.8, 4) is 0 Å². The molecule has 0 aromatic heterocycles. The second-order valence-corrected chi connectivity index (χ2v) is 11.1. The predicted octanol–water partition coefficient (Wildman–Crippen LogP) is 5.95. The number of carbonyl (C=O) groups is 2. The van der Waals surface area contributed by atoms with Gasteiger partial charge in [0.05, 0.1) is 0 Å². The van der Waals surface area contributed by atoms with Crippen LogP contribution in [0.15, 0.2) is 48.5 Å². The quantitative estimate of drug-likeness (QED) is 0.540. The Hall–Kier alpha value is -2.62. The highest BCUT2D eigenvalue weighted by Crippen LogP contribution is 2.23. The molecule has 2 aromatic rings. The van der Waals surface area contributed by atoms with Crippen LogP contribution in [0, 0.1) is 6.92 Å². The van der Waals surface area contributed by atoms with Crippen LogP contribution in [0.2, 0.25) is 0 Å². The zero-order valence-corrected chi connectivity index (χ0v) is 21.8. The molecule has 0 saturated carbocycles. The molecular weight excluding hydrogens is 408 g/mol. The number of aryl methyl sites for hydroxylation is 2. The lowest BCUT2D eigenvalue weighted by atomic mass is 9.86. The average Bonchev–Trinajstić information content (AvgIpc) is 2.71. The van der Waals surface area contributed by atoms with E-state index in [9.17, 15) is 9.59 Å². The van der Waals surface area contributed by atoms with Crippen molar-refractivity contribution in [1.82, 2.24) is 10.2 Å². The van der Waals surface area contributed by atoms with E-state index in [4.69, 9.17) is 0 Å². The van der Waals surface area contributed by atoms with Crippen LogP contribution in [0.1, 0.15) is 83.6 Å². The molecule has 0 radical (unpaired) electrons. The van der Waals surface area contributed by atoms with Gasteiger partial charge in [-0.15, -0.1) is 0 Å². The molecule has 0 fully saturated rings. The fourth-order valence-electron chi connectivity index (χ4n) is 3.91. The Morgan fingerprint density at radius 3 is 2.06 bits per heavy atom. The number of nitrogens with one attached hydrogen (secondary N) is 1. The van der Waals surface area contributed by atoms with E-state index in [0.717, 1.165) is 16.7 Å². The molecule has 4 heteroatoms. The van der Waals surface area contributed by atoms with Gasteiger partial charge >= 0.3 is 0 Å². The van der Waals surface area contributed by atoms with Gasteiger partial charge in [-0.2, -0.15) is 0 Å². The first-order chi connectivity index (χ1) is 15.3. The molecule has 0 aliphatic carbocycles. The summed E-state index contributed by atoms with van der Waals surface area (Å²) in [4.78, 5) is 28.4. The van der Waals surface area contributed by atoms with Gasteiger partial charge in [0.15, 0.2) is 0 Å². The molecule has 4 nitrogen and oxygen atoms in total. The molecule has 0 saturated heterocycles. The maximum atomic E-state index is 13.5. The van der Waals surface area contributed by atoms with Crippen LogP contribution in [0.25, 0.3) is 0 Å². The summed E-state index contributed by atoms with van der Waals surface area (Å²) in [7, 11) is 0. The van der Waals surface area contributed by atoms with Crippen LogP contribution in [-0.2, 0) is 28.0 Å². The molecule has 180 valence electrons. The maximum Gasteiger partial charge on any atom is 0.243 e. The first-order valence-corrected chi connectivity index (χ1v) is 12.1. The summed E-state index contributed by atoms with van der Waals surface area (Å²) in [6, 6.07) is 16.1. The van der Waals surface area contributed by atoms with Crippen LogP contribution < -0.4 is 5.32 Å². The van der Waals surface area contributed by atoms with Crippen molar-refractivity contribution in [2.75, 3.05) is 0 Å². The summed E-state index contributed by atoms with van der Waals surface area (Å²) in [5, 5.41) is 3.07. The minimum atomic E-state index is -0.500. The van der Waals surface area contributed by atoms with E-state index < -0.39 is 6.04 Å². The summed E-state index contributed by atoms with van der Waals surface area (Å²) in [5.74, 6) is -0.0875. The number of rotatable bonds is 8. The van der Waals surface area contributed by atoms with E-state index in [1.165, 1.54) is 5.56 Å². The SMILES string of the molecule is CC[C@H](C(=O)NC(C)(C)C)N(Cc1ccccc1C)C(=O)CCc1ccc(C(C)(C)C)cc1. The summed E-state index contributed by atoms with van der Waals surface area (Å²) in [6.45, 7) is 16.9. The largest absolute Gasteiger partial charge is 0.350 e. The number of hydrogen-bond donors (Lipinski definition) is 1. The third-order valence-electron chi connectivity index (χ3n) is 5.93. The normalized spacial score (nSPS) is 12.8. The number of carbonyl (C=O) groups excluding carboxylic acids is 2. The molecule has 2 amide bonds. The minimum absolute atomic E-state index is 0.00839. The van der Waals surface area contributed by atoms with E-state index >= 15 is 0 Å². The molecule has 1 atom stereocenters. The number of amides is 2. The Morgan fingerprint density at radius 1 is 0.939 bits per heavy atom. The highest BCUT2D eigenvalue weighted by Gasteiger charge is 2.30. The third-order valence-corrected chi connectivity index (χ3v) is 5.93. The molecule has 1 N–H and O–H groups in total. The smallest absolute Gasteiger partial charge is 0.243 e. The molecule has 0 aliphatic heterocycles. The van der Waals surface area contributed by atoms with E-state index in [-0.39, 0.29) is 22.8 Å². The van der Waals surface area contributed by atoms with Gasteiger partial charge in [-0.3, -0.25) is 9.59 Å². The molecule has 0 heterocycles. The van der Waals surface area contributed by atoms with Crippen molar-refractivity contribution in [2.45, 2.75) is 98.2 Å². The van der Waals surface area contributed by atoms with Crippen molar-refractivity contribution in [3.05, 3.63) is 70.8 Å². The average molecular weight is 451 g/mol. The van der Waals surface area contributed by atoms with Gasteiger partial charge in [-0.1, -0.05) is 76.2 Å². The Morgan fingerprint density at radius 2 is 1.55 bits per heavy atom. The Balaban J connectivity index is 2.23. The lowest BCUT2D eigenvalue weighted by molar-refractivity contribution is -0.142. The Labute approximate surface area is 200 Å². The fourth-order valence-corrected chi connectivity index (χ4v) is 3.91. The number of nitrogens with zero attached hydrogens (tertiary/aromatic N) is 1. The summed E-state index contributed by atoms with van der Waals surface area (Å²) in [6.07, 6.45) is 1.60. The number of hydrogen-bond acceptors (Lipinski definition) is 2. The van der Waals surface area contributed by atoms with Crippen molar-refractivity contribution >= 4 is 11.8 Å². The van der Waals surface area contributed by atoms with Crippen molar-refractivity contribution in [3.63, 3.8) is 0 Å². The van der Waals surface area contributed by atoms with E-state index in [0.29, 0.717) is 25.8 Å². The fraction of sp³-hybridized carbons (Fsp3) is 0.517. The molecule has 0 spiro atoms. The minimum Gasteiger partial charge on any atom is -0.350 e. The predicted molar refractivity (Wildman–Crippen MR) is 137 cm³/mol. The Bertz CT molecular complexity index is 933. The molecule has 2 aromatic carbocycles. The summed E-state index contributed by atoms with van der Waals surface area (Å²) in [5.41, 5.74) is 4.37. The molecular formula is C29H42N2O2. The van der Waals surface area contributed by atoms with Crippen molar-refractivity contribution in [1.29, 1.82) is 0 Å². The first-order valence-electron chi connectivity index (χ1n) is 12.1. The molecule has 2 rings (SSSR count). The lowest BCUT2D eigenvalue weighted by Gasteiger charge is -2.33. The Kier molecular flexibility index (Phi) is 8.88. The monoisotopic (exact) mass is 450 g/mol. The van der Waals surface area contributed by atoms with Gasteiger partial charge in [0.2, 0.25) is 11.8 Å². The molecule has 0 unspecified atom stereocenters. The van der Waals surface area contributed by atoms with Crippen LogP contribution >= 0.6 is 0 Å². The number of benzene rings is 2. The second-order valence-electron chi connectivity index (χ2n) is 11.1. The highest BCUT2D eigenvalue weighted by atomic mass is 16.2. The molecule has 0 bridgehead atoms. The van der Waals surface area contributed by atoms with E-state index in [1.807, 2.05) is 58.9 Å².